The third kappa shape index (κ3) is 5.49. The third-order valence-electron chi connectivity index (χ3n) is 4.96. The molecule has 1 unspecified atom stereocenters. The number of ether oxygens (including phenoxy) is 3. The number of esters is 1. The predicted molar refractivity (Wildman–Crippen MR) is 106 cm³/mol. The molecule has 144 valence electrons. The molecule has 0 saturated carbocycles. The van der Waals surface area contributed by atoms with Gasteiger partial charge >= 0.3 is 5.97 Å². The van der Waals surface area contributed by atoms with E-state index in [9.17, 15) is 4.79 Å². The zero-order valence-corrected chi connectivity index (χ0v) is 15.9. The smallest absolute Gasteiger partial charge is 0.305 e. The highest BCUT2D eigenvalue weighted by Gasteiger charge is 2.27. The molecule has 0 spiro atoms. The number of carbonyl (C=O) groups is 1. The van der Waals surface area contributed by atoms with Crippen LogP contribution >= 0.6 is 0 Å². The van der Waals surface area contributed by atoms with Gasteiger partial charge in [-0.2, -0.15) is 0 Å². The molecule has 27 heavy (non-hydrogen) atoms. The van der Waals surface area contributed by atoms with Gasteiger partial charge < -0.3 is 14.2 Å². The normalized spacial score (nSPS) is 14.7. The summed E-state index contributed by atoms with van der Waals surface area (Å²) in [6.07, 6.45) is 8.57. The minimum atomic E-state index is -0.259. The van der Waals surface area contributed by atoms with E-state index >= 15 is 0 Å². The maximum absolute atomic E-state index is 11.4. The molecule has 0 aromatic heterocycles. The van der Waals surface area contributed by atoms with Crippen LogP contribution in [0.5, 0.6) is 0 Å². The van der Waals surface area contributed by atoms with Gasteiger partial charge in [0.25, 0.3) is 0 Å². The summed E-state index contributed by atoms with van der Waals surface area (Å²) in [6.45, 7) is 2.30. The van der Waals surface area contributed by atoms with Gasteiger partial charge in [-0.05, 0) is 36.1 Å². The Balaban J connectivity index is 1.54. The second-order valence-electron chi connectivity index (χ2n) is 6.88. The lowest BCUT2D eigenvalue weighted by atomic mass is 9.90. The van der Waals surface area contributed by atoms with Crippen molar-refractivity contribution in [1.82, 2.24) is 0 Å². The van der Waals surface area contributed by atoms with Crippen LogP contribution in [0.3, 0.4) is 0 Å². The van der Waals surface area contributed by atoms with Gasteiger partial charge in [0.1, 0.15) is 12.5 Å². The van der Waals surface area contributed by atoms with Crippen LogP contribution in [0.25, 0.3) is 10.8 Å². The molecule has 2 aromatic carbocycles. The fourth-order valence-corrected chi connectivity index (χ4v) is 3.56. The molecule has 2 aromatic rings. The first-order valence-electron chi connectivity index (χ1n) is 9.88. The average molecular weight is 368 g/mol. The number of hydrogen-bond acceptors (Lipinski definition) is 4. The Morgan fingerprint density at radius 3 is 2.52 bits per heavy atom. The Labute approximate surface area is 161 Å². The second kappa shape index (κ2) is 10.0. The van der Waals surface area contributed by atoms with Gasteiger partial charge in [0.2, 0.25) is 6.29 Å². The van der Waals surface area contributed by atoms with Crippen LogP contribution in [-0.4, -0.2) is 18.9 Å². The largest absolute Gasteiger partial charge is 0.466 e. The molecule has 0 fully saturated rings. The molecule has 0 saturated heterocycles. The highest BCUT2D eigenvalue weighted by atomic mass is 16.7. The number of carbonyl (C=O) groups excluding carboxylic acids is 1. The van der Waals surface area contributed by atoms with Gasteiger partial charge in [-0.3, -0.25) is 4.79 Å². The van der Waals surface area contributed by atoms with Crippen LogP contribution in [0.1, 0.15) is 56.9 Å². The number of hydrogen-bond donors (Lipinski definition) is 0. The second-order valence-corrected chi connectivity index (χ2v) is 6.88. The topological polar surface area (TPSA) is 44.8 Å². The molecular formula is C23H28O4. The Hall–Kier alpha value is -2.49. The quantitative estimate of drug-likeness (QED) is 0.400. The Kier molecular flexibility index (Phi) is 7.14. The minimum Gasteiger partial charge on any atom is -0.466 e. The van der Waals surface area contributed by atoms with Crippen molar-refractivity contribution in [2.24, 2.45) is 0 Å². The standard InChI is InChI=1S/C23H28O4/c1-2-25-22(24)12-6-4-3-5-11-21(23-26-15-16-27-23)20-14-13-18-9-7-8-10-19(18)17-20/h7-10,13-17,21,23H,2-6,11-12H2,1H3. The van der Waals surface area contributed by atoms with Gasteiger partial charge in [0.05, 0.1) is 12.5 Å². The summed E-state index contributed by atoms with van der Waals surface area (Å²) in [5, 5.41) is 2.48. The molecule has 3 rings (SSSR count). The minimum absolute atomic E-state index is 0.0922. The molecule has 1 aliphatic rings. The fraction of sp³-hybridized carbons (Fsp3) is 0.435. The molecule has 0 radical (unpaired) electrons. The molecule has 0 amide bonds. The summed E-state index contributed by atoms with van der Waals surface area (Å²) in [5.74, 6) is 0.0973. The van der Waals surface area contributed by atoms with E-state index in [2.05, 4.69) is 42.5 Å². The van der Waals surface area contributed by atoms with Crippen molar-refractivity contribution < 1.29 is 19.0 Å². The van der Waals surface area contributed by atoms with Crippen molar-refractivity contribution >= 4 is 16.7 Å². The summed E-state index contributed by atoms with van der Waals surface area (Å²) in [6, 6.07) is 15.0. The number of benzene rings is 2. The number of unbranched alkanes of at least 4 members (excludes halogenated alkanes) is 3. The zero-order valence-electron chi connectivity index (χ0n) is 15.9. The highest BCUT2D eigenvalue weighted by molar-refractivity contribution is 5.83. The third-order valence-corrected chi connectivity index (χ3v) is 4.96. The van der Waals surface area contributed by atoms with E-state index in [-0.39, 0.29) is 18.2 Å². The molecule has 1 heterocycles. The van der Waals surface area contributed by atoms with Crippen LogP contribution in [0.4, 0.5) is 0 Å². The lowest BCUT2D eigenvalue weighted by molar-refractivity contribution is -0.143. The number of rotatable bonds is 10. The fourth-order valence-electron chi connectivity index (χ4n) is 3.56. The highest BCUT2D eigenvalue weighted by Crippen LogP contribution is 2.33. The molecular weight excluding hydrogens is 340 g/mol. The number of fused-ring (bicyclic) bond motifs is 1. The van der Waals surface area contributed by atoms with Crippen molar-refractivity contribution in [3.8, 4) is 0 Å². The lowest BCUT2D eigenvalue weighted by Gasteiger charge is -2.23. The van der Waals surface area contributed by atoms with E-state index in [1.807, 2.05) is 6.92 Å². The van der Waals surface area contributed by atoms with Crippen LogP contribution in [0.15, 0.2) is 55.0 Å². The molecule has 0 N–H and O–H groups in total. The van der Waals surface area contributed by atoms with Crippen molar-refractivity contribution in [3.63, 3.8) is 0 Å². The summed E-state index contributed by atoms with van der Waals surface area (Å²) in [7, 11) is 0. The van der Waals surface area contributed by atoms with Crippen LogP contribution in [0.2, 0.25) is 0 Å². The Morgan fingerprint density at radius 1 is 1.00 bits per heavy atom. The van der Waals surface area contributed by atoms with Crippen molar-refractivity contribution in [2.75, 3.05) is 6.61 Å². The molecule has 0 aliphatic carbocycles. The van der Waals surface area contributed by atoms with Gasteiger partial charge in [0, 0.05) is 6.42 Å². The van der Waals surface area contributed by atoms with Crippen LogP contribution in [-0.2, 0) is 19.0 Å². The van der Waals surface area contributed by atoms with Crippen molar-refractivity contribution in [3.05, 3.63) is 60.6 Å². The summed E-state index contributed by atoms with van der Waals surface area (Å²) >= 11 is 0. The molecule has 1 aliphatic heterocycles. The van der Waals surface area contributed by atoms with Gasteiger partial charge in [-0.25, -0.2) is 0 Å². The summed E-state index contributed by atoms with van der Waals surface area (Å²) < 4.78 is 16.3. The summed E-state index contributed by atoms with van der Waals surface area (Å²) in [4.78, 5) is 11.4. The molecule has 1 atom stereocenters. The van der Waals surface area contributed by atoms with E-state index in [1.54, 1.807) is 12.5 Å². The van der Waals surface area contributed by atoms with Crippen LogP contribution < -0.4 is 0 Å². The van der Waals surface area contributed by atoms with E-state index in [0.717, 1.165) is 32.1 Å². The van der Waals surface area contributed by atoms with Crippen LogP contribution in [0, 0.1) is 0 Å². The van der Waals surface area contributed by atoms with E-state index in [4.69, 9.17) is 14.2 Å². The SMILES string of the molecule is CCOC(=O)CCCCCCC(c1ccc2ccccc2c1)C1OC=CO1. The molecule has 4 nitrogen and oxygen atoms in total. The molecule has 4 heteroatoms. The lowest BCUT2D eigenvalue weighted by Crippen LogP contribution is -2.19. The maximum atomic E-state index is 11.4. The van der Waals surface area contributed by atoms with E-state index < -0.39 is 0 Å². The van der Waals surface area contributed by atoms with E-state index in [1.165, 1.54) is 16.3 Å². The summed E-state index contributed by atoms with van der Waals surface area (Å²) in [5.41, 5.74) is 1.24. The maximum Gasteiger partial charge on any atom is 0.305 e. The Bertz CT molecular complexity index is 760. The van der Waals surface area contributed by atoms with Crippen molar-refractivity contribution in [1.29, 1.82) is 0 Å². The monoisotopic (exact) mass is 368 g/mol. The zero-order chi connectivity index (χ0) is 18.9. The Morgan fingerprint density at radius 2 is 1.74 bits per heavy atom. The average Bonchev–Trinajstić information content (AvgIpc) is 3.21. The van der Waals surface area contributed by atoms with Gasteiger partial charge in [-0.15, -0.1) is 0 Å². The molecule has 0 bridgehead atoms. The van der Waals surface area contributed by atoms with Gasteiger partial charge in [-0.1, -0.05) is 61.7 Å². The first-order valence-corrected chi connectivity index (χ1v) is 9.88. The van der Waals surface area contributed by atoms with Crippen molar-refractivity contribution in [2.45, 2.75) is 57.7 Å². The predicted octanol–water partition coefficient (Wildman–Crippen LogP) is 5.67. The first-order chi connectivity index (χ1) is 13.3. The van der Waals surface area contributed by atoms with E-state index in [0.29, 0.717) is 13.0 Å². The van der Waals surface area contributed by atoms with Gasteiger partial charge in [0.15, 0.2) is 0 Å². The first kappa shape index (κ1) is 19.3.